The maximum absolute atomic E-state index is 13.6. The number of alkyl halides is 1. The van der Waals surface area contributed by atoms with Crippen LogP contribution in [-0.4, -0.2) is 45.8 Å². The number of ether oxygens (including phenoxy) is 1. The molecule has 6 nitrogen and oxygen atoms in total. The van der Waals surface area contributed by atoms with E-state index in [0.717, 1.165) is 4.57 Å². The molecule has 0 saturated carbocycles. The van der Waals surface area contributed by atoms with E-state index in [0.29, 0.717) is 0 Å². The third-order valence-electron chi connectivity index (χ3n) is 2.31. The summed E-state index contributed by atoms with van der Waals surface area (Å²) in [5.74, 6) is -0.396. The van der Waals surface area contributed by atoms with Crippen LogP contribution >= 0.6 is 0 Å². The highest BCUT2D eigenvalue weighted by molar-refractivity contribution is 5.02. The van der Waals surface area contributed by atoms with Crippen molar-refractivity contribution in [3.8, 4) is 5.88 Å². The lowest BCUT2D eigenvalue weighted by atomic mass is 10.2. The maximum atomic E-state index is 13.6. The van der Waals surface area contributed by atoms with E-state index in [-0.39, 0.29) is 19.6 Å². The zero-order valence-electron chi connectivity index (χ0n) is 9.41. The number of aromatic nitrogens is 2. The summed E-state index contributed by atoms with van der Waals surface area (Å²) >= 11 is 0. The monoisotopic (exact) mass is 246 g/mol. The van der Waals surface area contributed by atoms with Crippen LogP contribution < -0.4 is 5.69 Å². The highest BCUT2D eigenvalue weighted by Crippen LogP contribution is 2.07. The van der Waals surface area contributed by atoms with E-state index in [2.05, 4.69) is 4.98 Å². The van der Waals surface area contributed by atoms with Gasteiger partial charge in [-0.3, -0.25) is 4.57 Å². The molecule has 0 saturated heterocycles. The second kappa shape index (κ2) is 6.31. The van der Waals surface area contributed by atoms with Gasteiger partial charge in [0, 0.05) is 25.8 Å². The molecule has 2 N–H and O–H groups in total. The lowest BCUT2D eigenvalue weighted by Crippen LogP contribution is -2.29. The molecule has 1 heterocycles. The van der Waals surface area contributed by atoms with Gasteiger partial charge in [-0.2, -0.15) is 4.98 Å². The molecule has 0 aliphatic heterocycles. The molecule has 0 aliphatic rings. The molecule has 7 heteroatoms. The van der Waals surface area contributed by atoms with Crippen molar-refractivity contribution in [2.24, 2.45) is 0 Å². The van der Waals surface area contributed by atoms with Gasteiger partial charge in [-0.05, 0) is 0 Å². The first-order valence-electron chi connectivity index (χ1n) is 5.11. The van der Waals surface area contributed by atoms with Gasteiger partial charge in [0.15, 0.2) is 0 Å². The minimum atomic E-state index is -1.34. The highest BCUT2D eigenvalue weighted by Gasteiger charge is 2.16. The molecule has 1 unspecified atom stereocenters. The fourth-order valence-corrected chi connectivity index (χ4v) is 1.38. The predicted molar refractivity (Wildman–Crippen MR) is 57.6 cm³/mol. The zero-order valence-corrected chi connectivity index (χ0v) is 9.41. The van der Waals surface area contributed by atoms with Gasteiger partial charge in [0.2, 0.25) is 5.88 Å². The van der Waals surface area contributed by atoms with E-state index in [1.807, 2.05) is 0 Å². The van der Waals surface area contributed by atoms with Gasteiger partial charge >= 0.3 is 5.69 Å². The summed E-state index contributed by atoms with van der Waals surface area (Å²) in [5.41, 5.74) is -0.717. The fourth-order valence-electron chi connectivity index (χ4n) is 1.38. The van der Waals surface area contributed by atoms with Gasteiger partial charge in [0.05, 0.1) is 19.3 Å². The smallest absolute Gasteiger partial charge is 0.350 e. The summed E-state index contributed by atoms with van der Waals surface area (Å²) in [6, 6.07) is 1.20. The Bertz CT molecular complexity index is 406. The number of halogens is 1. The first-order valence-corrected chi connectivity index (χ1v) is 5.11. The van der Waals surface area contributed by atoms with Crippen LogP contribution in [0, 0.1) is 0 Å². The minimum absolute atomic E-state index is 0.0136. The summed E-state index contributed by atoms with van der Waals surface area (Å²) in [4.78, 5) is 14.5. The molecule has 17 heavy (non-hydrogen) atoms. The first kappa shape index (κ1) is 13.6. The van der Waals surface area contributed by atoms with Crippen molar-refractivity contribution < 1.29 is 19.3 Å². The molecule has 0 aliphatic carbocycles. The van der Waals surface area contributed by atoms with Crippen LogP contribution in [-0.2, 0) is 11.3 Å². The third-order valence-corrected chi connectivity index (χ3v) is 2.31. The van der Waals surface area contributed by atoms with Crippen LogP contribution in [0.3, 0.4) is 0 Å². The number of rotatable bonds is 6. The van der Waals surface area contributed by atoms with Crippen molar-refractivity contribution in [1.29, 1.82) is 0 Å². The Morgan fingerprint density at radius 1 is 1.65 bits per heavy atom. The lowest BCUT2D eigenvalue weighted by molar-refractivity contribution is 0.0240. The largest absolute Gasteiger partial charge is 0.493 e. The molecule has 1 rings (SSSR count). The number of methoxy groups -OCH3 is 1. The molecule has 0 fully saturated rings. The molecule has 1 aromatic heterocycles. The van der Waals surface area contributed by atoms with Crippen LogP contribution in [0.5, 0.6) is 5.88 Å². The summed E-state index contributed by atoms with van der Waals surface area (Å²) in [6.07, 6.45) is -0.680. The standard InChI is InChI=1S/C10H15FN2O4/c1-17-8(6-14)4-7(11)5-13-3-2-9(15)12-10(13)16/h2-3,7-8,14H,4-6H2,1H3,(H,12,15,16)/t7?,8-/m0/s1. The Hall–Kier alpha value is -1.47. The Labute approximate surface area is 97.3 Å². The summed E-state index contributed by atoms with van der Waals surface area (Å²) < 4.78 is 19.4. The van der Waals surface area contributed by atoms with Crippen LogP contribution in [0.15, 0.2) is 17.1 Å². The molecule has 0 radical (unpaired) electrons. The van der Waals surface area contributed by atoms with E-state index in [4.69, 9.17) is 14.9 Å². The molecular formula is C10H15FN2O4. The van der Waals surface area contributed by atoms with E-state index >= 15 is 0 Å². The second-order valence-electron chi connectivity index (χ2n) is 3.59. The average molecular weight is 246 g/mol. The molecule has 0 aromatic carbocycles. The normalized spacial score (nSPS) is 14.5. The second-order valence-corrected chi connectivity index (χ2v) is 3.59. The molecule has 0 amide bonds. The van der Waals surface area contributed by atoms with Crippen LogP contribution in [0.4, 0.5) is 4.39 Å². The van der Waals surface area contributed by atoms with Crippen molar-refractivity contribution in [2.45, 2.75) is 25.2 Å². The molecule has 1 aromatic rings. The molecular weight excluding hydrogens is 231 g/mol. The van der Waals surface area contributed by atoms with E-state index in [1.165, 1.54) is 19.4 Å². The zero-order chi connectivity index (χ0) is 12.8. The minimum Gasteiger partial charge on any atom is -0.493 e. The van der Waals surface area contributed by atoms with Crippen LogP contribution in [0.2, 0.25) is 0 Å². The Balaban J connectivity index is 2.61. The van der Waals surface area contributed by atoms with Crippen LogP contribution in [0.25, 0.3) is 0 Å². The molecule has 0 bridgehead atoms. The van der Waals surface area contributed by atoms with Crippen molar-refractivity contribution in [1.82, 2.24) is 9.55 Å². The van der Waals surface area contributed by atoms with Crippen LogP contribution in [0.1, 0.15) is 6.42 Å². The van der Waals surface area contributed by atoms with Gasteiger partial charge in [0.1, 0.15) is 6.17 Å². The van der Waals surface area contributed by atoms with E-state index in [1.54, 1.807) is 0 Å². The van der Waals surface area contributed by atoms with Crippen molar-refractivity contribution in [2.75, 3.05) is 13.7 Å². The summed E-state index contributed by atoms with van der Waals surface area (Å²) in [5, 5.41) is 17.7. The van der Waals surface area contributed by atoms with Gasteiger partial charge in [-0.1, -0.05) is 0 Å². The summed E-state index contributed by atoms with van der Waals surface area (Å²) in [7, 11) is 1.38. The summed E-state index contributed by atoms with van der Waals surface area (Å²) in [6.45, 7) is -0.467. The van der Waals surface area contributed by atoms with Gasteiger partial charge in [-0.25, -0.2) is 9.18 Å². The van der Waals surface area contributed by atoms with Gasteiger partial charge < -0.3 is 14.9 Å². The topological polar surface area (TPSA) is 84.6 Å². The van der Waals surface area contributed by atoms with Crippen molar-refractivity contribution in [3.63, 3.8) is 0 Å². The SMILES string of the molecule is CO[C@H](CO)CC(F)Cn1ccc(O)nc1=O. The van der Waals surface area contributed by atoms with Crippen molar-refractivity contribution in [3.05, 3.63) is 22.7 Å². The predicted octanol–water partition coefficient (Wildman–Crippen LogP) is -0.316. The number of aromatic hydroxyl groups is 1. The number of hydrogen-bond donors (Lipinski definition) is 2. The van der Waals surface area contributed by atoms with Gasteiger partial charge in [0.25, 0.3) is 0 Å². The number of hydrogen-bond acceptors (Lipinski definition) is 5. The average Bonchev–Trinajstić information content (AvgIpc) is 2.29. The maximum Gasteiger partial charge on any atom is 0.350 e. The number of nitrogens with zero attached hydrogens (tertiary/aromatic N) is 2. The quantitative estimate of drug-likeness (QED) is 0.719. The van der Waals surface area contributed by atoms with E-state index in [9.17, 15) is 9.18 Å². The first-order chi connectivity index (χ1) is 8.06. The Kier molecular flexibility index (Phi) is 5.05. The van der Waals surface area contributed by atoms with Gasteiger partial charge in [-0.15, -0.1) is 0 Å². The Morgan fingerprint density at radius 2 is 2.35 bits per heavy atom. The fraction of sp³-hybridized carbons (Fsp3) is 0.600. The molecule has 0 spiro atoms. The van der Waals surface area contributed by atoms with Crippen molar-refractivity contribution >= 4 is 0 Å². The molecule has 2 atom stereocenters. The Morgan fingerprint density at radius 3 is 2.88 bits per heavy atom. The van der Waals surface area contributed by atoms with E-state index < -0.39 is 23.8 Å². The highest BCUT2D eigenvalue weighted by atomic mass is 19.1. The number of aliphatic hydroxyl groups is 1. The third kappa shape index (κ3) is 4.12. The molecule has 96 valence electrons. The lowest BCUT2D eigenvalue weighted by Gasteiger charge is -2.15. The number of aliphatic hydroxyl groups excluding tert-OH is 1.